The highest BCUT2D eigenvalue weighted by Gasteiger charge is 2.18. The van der Waals surface area contributed by atoms with Gasteiger partial charge in [0.05, 0.1) is 0 Å². The predicted octanol–water partition coefficient (Wildman–Crippen LogP) is 4.16. The molecule has 117 valence electrons. The van der Waals surface area contributed by atoms with Gasteiger partial charge in [-0.1, -0.05) is 49.4 Å². The third-order valence-corrected chi connectivity index (χ3v) is 4.20. The van der Waals surface area contributed by atoms with Gasteiger partial charge >= 0.3 is 0 Å². The second kappa shape index (κ2) is 8.60. The summed E-state index contributed by atoms with van der Waals surface area (Å²) < 4.78 is 0. The van der Waals surface area contributed by atoms with Gasteiger partial charge in [-0.15, -0.1) is 0 Å². The van der Waals surface area contributed by atoms with Crippen LogP contribution in [-0.2, 0) is 12.8 Å². The van der Waals surface area contributed by atoms with E-state index in [1.54, 1.807) is 12.1 Å². The first-order valence-corrected chi connectivity index (χ1v) is 7.96. The van der Waals surface area contributed by atoms with Crippen molar-refractivity contribution in [2.45, 2.75) is 32.6 Å². The molecule has 0 aliphatic rings. The molecule has 2 nitrogen and oxygen atoms in total. The number of aliphatic hydroxyl groups excluding tert-OH is 1. The van der Waals surface area contributed by atoms with E-state index < -0.39 is 0 Å². The summed E-state index contributed by atoms with van der Waals surface area (Å²) in [4.78, 5) is 0. The van der Waals surface area contributed by atoms with Gasteiger partial charge in [-0.2, -0.15) is 0 Å². The third kappa shape index (κ3) is 5.19. The fourth-order valence-electron chi connectivity index (χ4n) is 2.73. The van der Waals surface area contributed by atoms with Gasteiger partial charge in [0.15, 0.2) is 0 Å². The molecule has 0 heterocycles. The van der Waals surface area contributed by atoms with Crippen LogP contribution in [-0.4, -0.2) is 16.8 Å². The third-order valence-electron chi connectivity index (χ3n) is 4.20. The van der Waals surface area contributed by atoms with Crippen LogP contribution >= 0.6 is 0 Å². The van der Waals surface area contributed by atoms with Gasteiger partial charge in [-0.3, -0.25) is 0 Å². The molecule has 1 unspecified atom stereocenters. The molecule has 2 heteroatoms. The number of phenols is 1. The fraction of sp³-hybridized carbons (Fsp3) is 0.350. The van der Waals surface area contributed by atoms with E-state index in [0.717, 1.165) is 25.7 Å². The Morgan fingerprint density at radius 1 is 0.955 bits per heavy atom. The lowest BCUT2D eigenvalue weighted by molar-refractivity contribution is 0.262. The monoisotopic (exact) mass is 297 g/mol. The normalized spacial score (nSPS) is 12.5. The maximum Gasteiger partial charge on any atom is 0.115 e. The molecule has 2 aromatic carbocycles. The summed E-state index contributed by atoms with van der Waals surface area (Å²) in [6, 6.07) is 17.9. The lowest BCUT2D eigenvalue weighted by Gasteiger charge is -2.23. The molecule has 22 heavy (non-hydrogen) atoms. The maximum absolute atomic E-state index is 9.35. The molecule has 0 saturated heterocycles. The minimum atomic E-state index is 0.235. The van der Waals surface area contributed by atoms with Gasteiger partial charge in [0.2, 0.25) is 0 Å². The Morgan fingerprint density at radius 2 is 1.64 bits per heavy atom. The molecule has 2 aromatic rings. The summed E-state index contributed by atoms with van der Waals surface area (Å²) in [6.07, 6.45) is 3.77. The number of aryl methyl sites for hydroxylation is 1. The van der Waals surface area contributed by atoms with Crippen LogP contribution in [0.25, 0.3) is 0 Å². The van der Waals surface area contributed by atoms with Crippen molar-refractivity contribution in [3.63, 3.8) is 0 Å². The zero-order valence-corrected chi connectivity index (χ0v) is 13.2. The van der Waals surface area contributed by atoms with E-state index in [1.165, 1.54) is 17.0 Å². The Hall–Kier alpha value is -1.80. The summed E-state index contributed by atoms with van der Waals surface area (Å²) in [7, 11) is 0. The van der Waals surface area contributed by atoms with Crippen molar-refractivity contribution in [3.8, 4) is 5.75 Å². The second-order valence-electron chi connectivity index (χ2n) is 5.90. The first-order valence-electron chi connectivity index (χ1n) is 7.96. The minimum Gasteiger partial charge on any atom is -0.508 e. The van der Waals surface area contributed by atoms with Crippen LogP contribution in [0.5, 0.6) is 5.75 Å². The van der Waals surface area contributed by atoms with Crippen LogP contribution in [0.1, 0.15) is 30.9 Å². The number of hydrogen-bond acceptors (Lipinski definition) is 2. The van der Waals surface area contributed by atoms with Gasteiger partial charge in [0.25, 0.3) is 0 Å². The van der Waals surface area contributed by atoms with Gasteiger partial charge in [0.1, 0.15) is 5.75 Å². The number of rotatable bonds is 8. The first kappa shape index (κ1) is 16.6. The van der Waals surface area contributed by atoms with Crippen LogP contribution in [0.4, 0.5) is 0 Å². The number of hydrogen-bond donors (Lipinski definition) is 2. The van der Waals surface area contributed by atoms with E-state index in [4.69, 9.17) is 0 Å². The molecule has 0 aromatic heterocycles. The number of benzene rings is 2. The van der Waals surface area contributed by atoms with Crippen LogP contribution in [0.3, 0.4) is 0 Å². The van der Waals surface area contributed by atoms with E-state index in [-0.39, 0.29) is 6.61 Å². The van der Waals surface area contributed by atoms with E-state index >= 15 is 0 Å². The zero-order chi connectivity index (χ0) is 15.8. The minimum absolute atomic E-state index is 0.235. The SMILES string of the molecule is CC(CCO)[C](CCc1ccc(O)cc1)Cc1ccccc1. The smallest absolute Gasteiger partial charge is 0.115 e. The van der Waals surface area contributed by atoms with E-state index in [9.17, 15) is 10.2 Å². The molecule has 0 bridgehead atoms. The summed E-state index contributed by atoms with van der Waals surface area (Å²) in [6.45, 7) is 2.43. The van der Waals surface area contributed by atoms with Crippen molar-refractivity contribution in [1.82, 2.24) is 0 Å². The van der Waals surface area contributed by atoms with E-state index in [1.807, 2.05) is 18.2 Å². The summed E-state index contributed by atoms with van der Waals surface area (Å²) in [5.41, 5.74) is 2.56. The van der Waals surface area contributed by atoms with E-state index in [0.29, 0.717) is 11.7 Å². The first-order chi connectivity index (χ1) is 10.7. The van der Waals surface area contributed by atoms with Crippen molar-refractivity contribution in [2.75, 3.05) is 6.61 Å². The van der Waals surface area contributed by atoms with Gasteiger partial charge in [0, 0.05) is 6.61 Å². The van der Waals surface area contributed by atoms with Crippen molar-refractivity contribution in [3.05, 3.63) is 71.6 Å². The van der Waals surface area contributed by atoms with E-state index in [2.05, 4.69) is 31.2 Å². The Kier molecular flexibility index (Phi) is 6.47. The number of aliphatic hydroxyl groups is 1. The quantitative estimate of drug-likeness (QED) is 0.768. The molecule has 0 fully saturated rings. The molecule has 0 amide bonds. The Labute approximate surface area is 133 Å². The summed E-state index contributed by atoms with van der Waals surface area (Å²) in [5, 5.41) is 18.6. The fourth-order valence-corrected chi connectivity index (χ4v) is 2.73. The molecule has 2 rings (SSSR count). The molecule has 0 saturated carbocycles. The summed E-state index contributed by atoms with van der Waals surface area (Å²) >= 11 is 0. The number of aromatic hydroxyl groups is 1. The zero-order valence-electron chi connectivity index (χ0n) is 13.2. The van der Waals surface area contributed by atoms with Gasteiger partial charge in [-0.05, 0) is 60.8 Å². The molecule has 0 aliphatic carbocycles. The van der Waals surface area contributed by atoms with Crippen molar-refractivity contribution in [2.24, 2.45) is 5.92 Å². The largest absolute Gasteiger partial charge is 0.508 e. The molecule has 2 N–H and O–H groups in total. The van der Waals surface area contributed by atoms with Crippen molar-refractivity contribution < 1.29 is 10.2 Å². The van der Waals surface area contributed by atoms with Crippen LogP contribution in [0, 0.1) is 11.8 Å². The Bertz CT molecular complexity index is 533. The topological polar surface area (TPSA) is 40.5 Å². The van der Waals surface area contributed by atoms with Gasteiger partial charge in [-0.25, -0.2) is 0 Å². The molecule has 0 spiro atoms. The average molecular weight is 297 g/mol. The average Bonchev–Trinajstić information content (AvgIpc) is 2.54. The maximum atomic E-state index is 9.35. The summed E-state index contributed by atoms with van der Waals surface area (Å²) in [5.74, 6) is 2.21. The standard InChI is InChI=1S/C20H25O2/c1-16(13-14-21)19(15-18-5-3-2-4-6-18)10-7-17-8-11-20(22)12-9-17/h2-6,8-9,11-12,16,21-22H,7,10,13-15H2,1H3. The van der Waals surface area contributed by atoms with Crippen molar-refractivity contribution >= 4 is 0 Å². The lowest BCUT2D eigenvalue weighted by Crippen LogP contribution is -2.15. The molecule has 1 radical (unpaired) electrons. The Morgan fingerprint density at radius 3 is 2.27 bits per heavy atom. The second-order valence-corrected chi connectivity index (χ2v) is 5.90. The lowest BCUT2D eigenvalue weighted by atomic mass is 9.82. The highest BCUT2D eigenvalue weighted by atomic mass is 16.3. The van der Waals surface area contributed by atoms with Crippen LogP contribution in [0.2, 0.25) is 0 Å². The molecule has 1 atom stereocenters. The molecule has 0 aliphatic heterocycles. The Balaban J connectivity index is 1.99. The highest BCUT2D eigenvalue weighted by molar-refractivity contribution is 5.27. The highest BCUT2D eigenvalue weighted by Crippen LogP contribution is 2.27. The predicted molar refractivity (Wildman–Crippen MR) is 90.7 cm³/mol. The van der Waals surface area contributed by atoms with Crippen LogP contribution < -0.4 is 0 Å². The number of phenolic OH excluding ortho intramolecular Hbond substituents is 1. The van der Waals surface area contributed by atoms with Crippen LogP contribution in [0.15, 0.2) is 54.6 Å². The molecular weight excluding hydrogens is 272 g/mol. The van der Waals surface area contributed by atoms with Gasteiger partial charge < -0.3 is 10.2 Å². The van der Waals surface area contributed by atoms with Crippen molar-refractivity contribution in [1.29, 1.82) is 0 Å². The molecular formula is C20H25O2.